The van der Waals surface area contributed by atoms with E-state index in [4.69, 9.17) is 0 Å². The average Bonchev–Trinajstić information content (AvgIpc) is 3.48. The molecule has 2 aromatic rings. The number of nitrogens with one attached hydrogen (secondary N) is 2. The fourth-order valence-corrected chi connectivity index (χ4v) is 4.90. The van der Waals surface area contributed by atoms with Gasteiger partial charge < -0.3 is 15.5 Å². The summed E-state index contributed by atoms with van der Waals surface area (Å²) >= 11 is 0. The lowest BCUT2D eigenvalue weighted by molar-refractivity contribution is -0.133. The van der Waals surface area contributed by atoms with Gasteiger partial charge in [-0.2, -0.15) is 5.10 Å². The van der Waals surface area contributed by atoms with Crippen molar-refractivity contribution in [2.45, 2.75) is 84.0 Å². The lowest BCUT2D eigenvalue weighted by Gasteiger charge is -2.43. The topological polar surface area (TPSA) is 96.3 Å². The highest BCUT2D eigenvalue weighted by Gasteiger charge is 2.48. The molecule has 2 aliphatic rings. The van der Waals surface area contributed by atoms with E-state index in [1.807, 2.05) is 38.1 Å². The molecular formula is C26H35N5O3. The summed E-state index contributed by atoms with van der Waals surface area (Å²) in [4.78, 5) is 41.4. The number of benzene rings is 1. The lowest BCUT2D eigenvalue weighted by atomic mass is 9.94. The van der Waals surface area contributed by atoms with E-state index in [1.54, 1.807) is 11.0 Å². The van der Waals surface area contributed by atoms with Crippen molar-refractivity contribution in [3.63, 3.8) is 0 Å². The van der Waals surface area contributed by atoms with Crippen LogP contribution in [0.3, 0.4) is 0 Å². The number of rotatable bonds is 8. The summed E-state index contributed by atoms with van der Waals surface area (Å²) in [6.45, 7) is 6.97. The highest BCUT2D eigenvalue weighted by molar-refractivity contribution is 6.01. The first-order valence-corrected chi connectivity index (χ1v) is 12.4. The van der Waals surface area contributed by atoms with Gasteiger partial charge in [0.25, 0.3) is 11.8 Å². The molecule has 0 bridgehead atoms. The number of nitrogens with zero attached hydrogens (tertiary/aromatic N) is 3. The second-order valence-electron chi connectivity index (χ2n) is 9.72. The third-order valence-corrected chi connectivity index (χ3v) is 7.15. The maximum Gasteiger partial charge on any atom is 0.273 e. The smallest absolute Gasteiger partial charge is 0.273 e. The van der Waals surface area contributed by atoms with Crippen molar-refractivity contribution in [1.29, 1.82) is 0 Å². The first-order valence-electron chi connectivity index (χ1n) is 12.4. The number of fused-ring (bicyclic) bond motifs is 1. The summed E-state index contributed by atoms with van der Waals surface area (Å²) in [6.07, 6.45) is 5.90. The second-order valence-corrected chi connectivity index (χ2v) is 9.72. The van der Waals surface area contributed by atoms with Crippen LogP contribution in [0.25, 0.3) is 0 Å². The van der Waals surface area contributed by atoms with Crippen LogP contribution < -0.4 is 10.6 Å². The van der Waals surface area contributed by atoms with E-state index in [9.17, 15) is 14.4 Å². The standard InChI is InChI=1S/C26H35N5O3/c1-4-5-14-30-24(33)22-15-21(23(32)27-16-19-11-7-6-10-18(19)2)29-31(22)17-26(30,3)25(34)28-20-12-8-9-13-20/h6-7,10-11,15,20H,4-5,8-9,12-14,16-17H2,1-3H3,(H,27,32)(H,28,34). The quantitative estimate of drug-likeness (QED) is 0.626. The molecule has 0 radical (unpaired) electrons. The number of carbonyl (C=O) groups excluding carboxylic acids is 3. The van der Waals surface area contributed by atoms with Crippen LogP contribution in [0.2, 0.25) is 0 Å². The number of aromatic nitrogens is 2. The molecule has 1 aliphatic heterocycles. The Balaban J connectivity index is 1.55. The predicted molar refractivity (Wildman–Crippen MR) is 129 cm³/mol. The molecule has 3 amide bonds. The highest BCUT2D eigenvalue weighted by Crippen LogP contribution is 2.29. The van der Waals surface area contributed by atoms with E-state index < -0.39 is 5.54 Å². The van der Waals surface area contributed by atoms with Gasteiger partial charge in [0.15, 0.2) is 5.69 Å². The van der Waals surface area contributed by atoms with Crippen molar-refractivity contribution in [3.05, 3.63) is 52.8 Å². The number of amides is 3. The zero-order chi connectivity index (χ0) is 24.3. The van der Waals surface area contributed by atoms with Crippen LogP contribution in [-0.2, 0) is 17.9 Å². The van der Waals surface area contributed by atoms with E-state index in [1.165, 1.54) is 4.68 Å². The molecule has 1 aliphatic carbocycles. The number of carbonyl (C=O) groups is 3. The number of hydrogen-bond acceptors (Lipinski definition) is 4. The Labute approximate surface area is 201 Å². The normalized spacial score (nSPS) is 20.3. The first-order chi connectivity index (χ1) is 16.3. The Kier molecular flexibility index (Phi) is 7.05. The van der Waals surface area contributed by atoms with E-state index in [0.717, 1.165) is 49.7 Å². The van der Waals surface area contributed by atoms with Crippen molar-refractivity contribution >= 4 is 17.7 Å². The zero-order valence-electron chi connectivity index (χ0n) is 20.4. The summed E-state index contributed by atoms with van der Waals surface area (Å²) in [5.41, 5.74) is 1.61. The van der Waals surface area contributed by atoms with Gasteiger partial charge in [0.2, 0.25) is 5.91 Å². The van der Waals surface area contributed by atoms with E-state index in [0.29, 0.717) is 18.8 Å². The first kappa shape index (κ1) is 24.0. The Hall–Kier alpha value is -3.16. The molecule has 0 saturated heterocycles. The van der Waals surface area contributed by atoms with Crippen LogP contribution in [0.4, 0.5) is 0 Å². The Morgan fingerprint density at radius 1 is 1.21 bits per heavy atom. The van der Waals surface area contributed by atoms with Gasteiger partial charge in [0.05, 0.1) is 6.54 Å². The Bertz CT molecular complexity index is 1070. The molecule has 1 unspecified atom stereocenters. The molecule has 34 heavy (non-hydrogen) atoms. The molecule has 8 heteroatoms. The molecule has 1 saturated carbocycles. The predicted octanol–water partition coefficient (Wildman–Crippen LogP) is 3.19. The van der Waals surface area contributed by atoms with Crippen LogP contribution >= 0.6 is 0 Å². The molecule has 2 N–H and O–H groups in total. The number of aryl methyl sites for hydroxylation is 1. The molecule has 4 rings (SSSR count). The van der Waals surface area contributed by atoms with Gasteiger partial charge >= 0.3 is 0 Å². The van der Waals surface area contributed by atoms with Gasteiger partial charge in [-0.05, 0) is 44.2 Å². The minimum atomic E-state index is -1.05. The number of hydrogen-bond donors (Lipinski definition) is 2. The summed E-state index contributed by atoms with van der Waals surface area (Å²) in [7, 11) is 0. The van der Waals surface area contributed by atoms with Gasteiger partial charge in [-0.3, -0.25) is 19.1 Å². The minimum Gasteiger partial charge on any atom is -0.351 e. The van der Waals surface area contributed by atoms with Gasteiger partial charge in [-0.1, -0.05) is 50.5 Å². The van der Waals surface area contributed by atoms with Gasteiger partial charge in [-0.25, -0.2) is 0 Å². The summed E-state index contributed by atoms with van der Waals surface area (Å²) in [5.74, 6) is -0.736. The molecular weight excluding hydrogens is 430 g/mol. The summed E-state index contributed by atoms with van der Waals surface area (Å²) < 4.78 is 1.53. The minimum absolute atomic E-state index is 0.143. The largest absolute Gasteiger partial charge is 0.351 e. The second kappa shape index (κ2) is 9.99. The van der Waals surface area contributed by atoms with Crippen LogP contribution in [0.15, 0.2) is 30.3 Å². The van der Waals surface area contributed by atoms with E-state index >= 15 is 0 Å². The Morgan fingerprint density at radius 3 is 2.65 bits per heavy atom. The maximum absolute atomic E-state index is 13.5. The Morgan fingerprint density at radius 2 is 1.94 bits per heavy atom. The molecule has 1 aromatic carbocycles. The van der Waals surface area contributed by atoms with Crippen molar-refractivity contribution in [2.24, 2.45) is 0 Å². The highest BCUT2D eigenvalue weighted by atomic mass is 16.2. The van der Waals surface area contributed by atoms with Crippen molar-refractivity contribution in [1.82, 2.24) is 25.3 Å². The van der Waals surface area contributed by atoms with Crippen LogP contribution in [-0.4, -0.2) is 50.5 Å². The molecule has 8 nitrogen and oxygen atoms in total. The fraction of sp³-hybridized carbons (Fsp3) is 0.538. The zero-order valence-corrected chi connectivity index (χ0v) is 20.4. The van der Waals surface area contributed by atoms with E-state index in [2.05, 4.69) is 22.7 Å². The lowest BCUT2D eigenvalue weighted by Crippen LogP contribution is -2.65. The third kappa shape index (κ3) is 4.72. The van der Waals surface area contributed by atoms with Gasteiger partial charge in [0, 0.05) is 25.2 Å². The molecule has 1 fully saturated rings. The molecule has 182 valence electrons. The van der Waals surface area contributed by atoms with Crippen molar-refractivity contribution in [3.8, 4) is 0 Å². The molecule has 2 heterocycles. The van der Waals surface area contributed by atoms with Crippen molar-refractivity contribution in [2.75, 3.05) is 6.54 Å². The van der Waals surface area contributed by atoms with Crippen molar-refractivity contribution < 1.29 is 14.4 Å². The fourth-order valence-electron chi connectivity index (χ4n) is 4.90. The maximum atomic E-state index is 13.5. The van der Waals surface area contributed by atoms with Crippen LogP contribution in [0.5, 0.6) is 0 Å². The molecule has 1 atom stereocenters. The molecule has 0 spiro atoms. The monoisotopic (exact) mass is 465 g/mol. The summed E-state index contributed by atoms with van der Waals surface area (Å²) in [5, 5.41) is 10.5. The average molecular weight is 466 g/mol. The van der Waals surface area contributed by atoms with E-state index in [-0.39, 0.29) is 36.0 Å². The number of unbranched alkanes of at least 4 members (excludes halogenated alkanes) is 1. The summed E-state index contributed by atoms with van der Waals surface area (Å²) in [6, 6.07) is 9.57. The SMILES string of the molecule is CCCCN1C(=O)c2cc(C(=O)NCc3ccccc3C)nn2CC1(C)C(=O)NC1CCCC1. The van der Waals surface area contributed by atoms with Crippen LogP contribution in [0.1, 0.15) is 84.5 Å². The third-order valence-electron chi connectivity index (χ3n) is 7.15. The van der Waals surface area contributed by atoms with Crippen LogP contribution in [0, 0.1) is 6.92 Å². The molecule has 1 aromatic heterocycles. The van der Waals surface area contributed by atoms with Gasteiger partial charge in [0.1, 0.15) is 11.2 Å². The van der Waals surface area contributed by atoms with Gasteiger partial charge in [-0.15, -0.1) is 0 Å².